The van der Waals surface area contributed by atoms with Crippen LogP contribution >= 0.6 is 0 Å². The molecule has 126 valence electrons. The van der Waals surface area contributed by atoms with Crippen molar-refractivity contribution >= 4 is 28.9 Å². The number of hydrogen-bond donors (Lipinski definition) is 3. The third-order valence-electron chi connectivity index (χ3n) is 3.71. The van der Waals surface area contributed by atoms with Crippen molar-refractivity contribution in [2.45, 2.75) is 13.3 Å². The van der Waals surface area contributed by atoms with Crippen LogP contribution in [0.5, 0.6) is 0 Å². The highest BCUT2D eigenvalue weighted by Gasteiger charge is 2.04. The average Bonchev–Trinajstić information content (AvgIpc) is 2.64. The lowest BCUT2D eigenvalue weighted by Crippen LogP contribution is -2.19. The SMILES string of the molecule is CCc1ccccc1Nc1ccc(NC(=O)Nc2ccccc2)cn1. The second-order valence-electron chi connectivity index (χ2n) is 5.51. The Labute approximate surface area is 147 Å². The van der Waals surface area contributed by atoms with Gasteiger partial charge < -0.3 is 16.0 Å². The molecule has 0 aliphatic carbocycles. The Morgan fingerprint density at radius 3 is 2.32 bits per heavy atom. The standard InChI is InChI=1S/C20H20N4O/c1-2-15-8-6-7-11-18(15)24-19-13-12-17(14-21-19)23-20(25)22-16-9-4-3-5-10-16/h3-14H,2H2,1H3,(H,21,24)(H2,22,23,25). The lowest BCUT2D eigenvalue weighted by Gasteiger charge is -2.11. The van der Waals surface area contributed by atoms with E-state index in [4.69, 9.17) is 0 Å². The molecule has 0 spiro atoms. The molecule has 0 fully saturated rings. The number of carbonyl (C=O) groups excluding carboxylic acids is 1. The van der Waals surface area contributed by atoms with E-state index in [0.717, 1.165) is 23.6 Å². The summed E-state index contributed by atoms with van der Waals surface area (Å²) in [4.78, 5) is 16.3. The molecular formula is C20H20N4O. The fourth-order valence-corrected chi connectivity index (χ4v) is 2.45. The van der Waals surface area contributed by atoms with E-state index in [9.17, 15) is 4.79 Å². The summed E-state index contributed by atoms with van der Waals surface area (Å²) in [6, 6.07) is 20.8. The van der Waals surface area contributed by atoms with Gasteiger partial charge in [0, 0.05) is 11.4 Å². The molecule has 2 aromatic carbocycles. The van der Waals surface area contributed by atoms with E-state index in [0.29, 0.717) is 5.69 Å². The highest BCUT2D eigenvalue weighted by Crippen LogP contribution is 2.20. The van der Waals surface area contributed by atoms with Gasteiger partial charge in [0.1, 0.15) is 5.82 Å². The minimum Gasteiger partial charge on any atom is -0.340 e. The van der Waals surface area contributed by atoms with Crippen molar-refractivity contribution in [1.29, 1.82) is 0 Å². The number of nitrogens with one attached hydrogen (secondary N) is 3. The molecule has 0 bridgehead atoms. The van der Waals surface area contributed by atoms with E-state index in [1.165, 1.54) is 5.56 Å². The summed E-state index contributed by atoms with van der Waals surface area (Å²) in [5, 5.41) is 8.83. The van der Waals surface area contributed by atoms with Gasteiger partial charge in [-0.25, -0.2) is 9.78 Å². The Hall–Kier alpha value is -3.34. The van der Waals surface area contributed by atoms with Gasteiger partial charge in [-0.2, -0.15) is 0 Å². The van der Waals surface area contributed by atoms with Crippen molar-refractivity contribution in [2.24, 2.45) is 0 Å². The zero-order valence-electron chi connectivity index (χ0n) is 14.0. The first-order valence-corrected chi connectivity index (χ1v) is 8.18. The van der Waals surface area contributed by atoms with Crippen LogP contribution in [-0.2, 0) is 6.42 Å². The Balaban J connectivity index is 1.61. The number of anilines is 4. The minimum absolute atomic E-state index is 0.301. The van der Waals surface area contributed by atoms with Gasteiger partial charge in [-0.1, -0.05) is 43.3 Å². The van der Waals surface area contributed by atoms with Crippen molar-refractivity contribution in [3.63, 3.8) is 0 Å². The van der Waals surface area contributed by atoms with Gasteiger partial charge in [-0.15, -0.1) is 0 Å². The van der Waals surface area contributed by atoms with E-state index in [2.05, 4.69) is 33.9 Å². The Bertz CT molecular complexity index is 832. The molecule has 1 aromatic heterocycles. The number of hydrogen-bond acceptors (Lipinski definition) is 3. The molecule has 3 rings (SSSR count). The molecular weight excluding hydrogens is 312 g/mol. The molecule has 3 aromatic rings. The zero-order valence-corrected chi connectivity index (χ0v) is 14.0. The Morgan fingerprint density at radius 1 is 0.880 bits per heavy atom. The summed E-state index contributed by atoms with van der Waals surface area (Å²) in [7, 11) is 0. The molecule has 2 amide bonds. The van der Waals surface area contributed by atoms with E-state index in [1.807, 2.05) is 60.7 Å². The topological polar surface area (TPSA) is 66.0 Å². The zero-order chi connectivity index (χ0) is 17.5. The van der Waals surface area contributed by atoms with Crippen molar-refractivity contribution in [3.8, 4) is 0 Å². The predicted molar refractivity (Wildman–Crippen MR) is 102 cm³/mol. The van der Waals surface area contributed by atoms with Gasteiger partial charge in [-0.3, -0.25) is 0 Å². The number of aryl methyl sites for hydroxylation is 1. The Morgan fingerprint density at radius 2 is 1.60 bits per heavy atom. The van der Waals surface area contributed by atoms with Crippen LogP contribution in [0.2, 0.25) is 0 Å². The molecule has 3 N–H and O–H groups in total. The maximum Gasteiger partial charge on any atom is 0.323 e. The third-order valence-corrected chi connectivity index (χ3v) is 3.71. The molecule has 0 unspecified atom stereocenters. The van der Waals surface area contributed by atoms with Gasteiger partial charge in [0.05, 0.1) is 11.9 Å². The Kier molecular flexibility index (Phi) is 5.26. The minimum atomic E-state index is -0.301. The van der Waals surface area contributed by atoms with E-state index >= 15 is 0 Å². The molecule has 5 heteroatoms. The normalized spacial score (nSPS) is 10.1. The quantitative estimate of drug-likeness (QED) is 0.614. The smallest absolute Gasteiger partial charge is 0.323 e. The van der Waals surface area contributed by atoms with E-state index < -0.39 is 0 Å². The van der Waals surface area contributed by atoms with Gasteiger partial charge >= 0.3 is 6.03 Å². The summed E-state index contributed by atoms with van der Waals surface area (Å²) in [6.45, 7) is 2.12. The second-order valence-corrected chi connectivity index (χ2v) is 5.51. The third kappa shape index (κ3) is 4.57. The molecule has 1 heterocycles. The van der Waals surface area contributed by atoms with Crippen LogP contribution in [0, 0.1) is 0 Å². The van der Waals surface area contributed by atoms with Crippen molar-refractivity contribution in [1.82, 2.24) is 4.98 Å². The first-order valence-electron chi connectivity index (χ1n) is 8.18. The van der Waals surface area contributed by atoms with Crippen molar-refractivity contribution < 1.29 is 4.79 Å². The molecule has 0 saturated heterocycles. The molecule has 5 nitrogen and oxygen atoms in total. The van der Waals surface area contributed by atoms with Crippen LogP contribution in [-0.4, -0.2) is 11.0 Å². The highest BCUT2D eigenvalue weighted by molar-refractivity contribution is 5.99. The number of rotatable bonds is 5. The molecule has 25 heavy (non-hydrogen) atoms. The van der Waals surface area contributed by atoms with Gasteiger partial charge in [0.25, 0.3) is 0 Å². The largest absolute Gasteiger partial charge is 0.340 e. The van der Waals surface area contributed by atoms with Crippen LogP contribution in [0.15, 0.2) is 72.9 Å². The summed E-state index contributed by atoms with van der Waals surface area (Å²) in [6.07, 6.45) is 2.57. The molecule has 0 atom stereocenters. The summed E-state index contributed by atoms with van der Waals surface area (Å²) in [5.74, 6) is 0.731. The number of carbonyl (C=O) groups is 1. The number of benzene rings is 2. The highest BCUT2D eigenvalue weighted by atomic mass is 16.2. The first kappa shape index (κ1) is 16.5. The van der Waals surface area contributed by atoms with Crippen LogP contribution in [0.4, 0.5) is 27.7 Å². The fraction of sp³-hybridized carbons (Fsp3) is 0.100. The maximum atomic E-state index is 12.0. The number of pyridine rings is 1. The van der Waals surface area contributed by atoms with Crippen molar-refractivity contribution in [2.75, 3.05) is 16.0 Å². The molecule has 0 radical (unpaired) electrons. The number of urea groups is 1. The lowest BCUT2D eigenvalue weighted by molar-refractivity contribution is 0.262. The summed E-state index contributed by atoms with van der Waals surface area (Å²) in [5.41, 5.74) is 3.64. The number of para-hydroxylation sites is 2. The number of amides is 2. The number of aromatic nitrogens is 1. The van der Waals surface area contributed by atoms with Crippen LogP contribution in [0.3, 0.4) is 0 Å². The predicted octanol–water partition coefficient (Wildman–Crippen LogP) is 5.03. The molecule has 0 saturated carbocycles. The average molecular weight is 332 g/mol. The summed E-state index contributed by atoms with van der Waals surface area (Å²) >= 11 is 0. The van der Waals surface area contributed by atoms with E-state index in [1.54, 1.807) is 6.20 Å². The van der Waals surface area contributed by atoms with Crippen molar-refractivity contribution in [3.05, 3.63) is 78.5 Å². The van der Waals surface area contributed by atoms with Crippen LogP contribution in [0.1, 0.15) is 12.5 Å². The maximum absolute atomic E-state index is 12.0. The summed E-state index contributed by atoms with van der Waals surface area (Å²) < 4.78 is 0. The lowest BCUT2D eigenvalue weighted by atomic mass is 10.1. The second kappa shape index (κ2) is 7.97. The van der Waals surface area contributed by atoms with Gasteiger partial charge in [-0.05, 0) is 42.3 Å². The van der Waals surface area contributed by atoms with Crippen LogP contribution in [0.25, 0.3) is 0 Å². The monoisotopic (exact) mass is 332 g/mol. The molecule has 0 aliphatic rings. The van der Waals surface area contributed by atoms with Crippen LogP contribution < -0.4 is 16.0 Å². The fourth-order valence-electron chi connectivity index (χ4n) is 2.45. The van der Waals surface area contributed by atoms with E-state index in [-0.39, 0.29) is 6.03 Å². The van der Waals surface area contributed by atoms with Gasteiger partial charge in [0.15, 0.2) is 0 Å². The number of nitrogens with zero attached hydrogens (tertiary/aromatic N) is 1. The van der Waals surface area contributed by atoms with Gasteiger partial charge in [0.2, 0.25) is 0 Å². The molecule has 0 aliphatic heterocycles. The first-order chi connectivity index (χ1) is 12.2.